The number of rotatable bonds is 3. The Bertz CT molecular complexity index is 738. The van der Waals surface area contributed by atoms with E-state index in [4.69, 9.17) is 21.1 Å². The predicted molar refractivity (Wildman–Crippen MR) is 84.7 cm³/mol. The van der Waals surface area contributed by atoms with Crippen molar-refractivity contribution in [2.75, 3.05) is 20.2 Å². The second kappa shape index (κ2) is 6.46. The van der Waals surface area contributed by atoms with Crippen LogP contribution in [0.1, 0.15) is 10.4 Å². The topological polar surface area (TPSA) is 38.8 Å². The lowest BCUT2D eigenvalue weighted by molar-refractivity contribution is 0.0518. The number of nitrogens with zero attached hydrogens (tertiary/aromatic N) is 1. The van der Waals surface area contributed by atoms with Gasteiger partial charge >= 0.3 is 0 Å². The fourth-order valence-corrected chi connectivity index (χ4v) is 2.57. The molecule has 0 aromatic heterocycles. The van der Waals surface area contributed by atoms with Crippen molar-refractivity contribution in [3.05, 3.63) is 58.9 Å². The third-order valence-corrected chi connectivity index (χ3v) is 3.79. The molecule has 0 N–H and O–H groups in total. The van der Waals surface area contributed by atoms with Crippen molar-refractivity contribution in [3.8, 4) is 11.5 Å². The third-order valence-electron chi connectivity index (χ3n) is 3.55. The molecule has 3 rings (SSSR count). The molecule has 0 aliphatic carbocycles. The Morgan fingerprint density at radius 2 is 2.04 bits per heavy atom. The number of carbonyl (C=O) groups is 1. The van der Waals surface area contributed by atoms with E-state index in [-0.39, 0.29) is 23.2 Å². The normalized spacial score (nSPS) is 16.0. The SMILES string of the molecule is CN(CC1COc2ccccc2O1)C(=O)c1ccc(Cl)cc1F. The van der Waals surface area contributed by atoms with Crippen molar-refractivity contribution in [1.82, 2.24) is 4.90 Å². The summed E-state index contributed by atoms with van der Waals surface area (Å²) in [6, 6.07) is 11.3. The van der Waals surface area contributed by atoms with Crippen LogP contribution in [0.25, 0.3) is 0 Å². The van der Waals surface area contributed by atoms with Gasteiger partial charge in [0.25, 0.3) is 5.91 Å². The highest BCUT2D eigenvalue weighted by Crippen LogP contribution is 2.31. The summed E-state index contributed by atoms with van der Waals surface area (Å²) in [4.78, 5) is 13.8. The molecule has 0 saturated carbocycles. The van der Waals surface area contributed by atoms with Crippen molar-refractivity contribution < 1.29 is 18.7 Å². The van der Waals surface area contributed by atoms with Crippen molar-refractivity contribution in [2.45, 2.75) is 6.10 Å². The van der Waals surface area contributed by atoms with Crippen LogP contribution in [0.4, 0.5) is 4.39 Å². The first-order chi connectivity index (χ1) is 11.0. The predicted octanol–water partition coefficient (Wildman–Crippen LogP) is 3.39. The lowest BCUT2D eigenvalue weighted by atomic mass is 10.2. The number of fused-ring (bicyclic) bond motifs is 1. The largest absolute Gasteiger partial charge is 0.486 e. The van der Waals surface area contributed by atoms with E-state index >= 15 is 0 Å². The van der Waals surface area contributed by atoms with Crippen LogP contribution in [0.15, 0.2) is 42.5 Å². The second-order valence-corrected chi connectivity index (χ2v) is 5.74. The average molecular weight is 336 g/mol. The summed E-state index contributed by atoms with van der Waals surface area (Å²) in [6.07, 6.45) is -0.311. The minimum atomic E-state index is -0.638. The maximum absolute atomic E-state index is 13.8. The van der Waals surface area contributed by atoms with Crippen LogP contribution in [0.5, 0.6) is 11.5 Å². The molecule has 0 bridgehead atoms. The van der Waals surface area contributed by atoms with E-state index in [1.165, 1.54) is 17.0 Å². The fraction of sp³-hybridized carbons (Fsp3) is 0.235. The van der Waals surface area contributed by atoms with Crippen molar-refractivity contribution >= 4 is 17.5 Å². The molecule has 0 saturated heterocycles. The lowest BCUT2D eigenvalue weighted by Crippen LogP contribution is -2.42. The number of para-hydroxylation sites is 2. The first-order valence-corrected chi connectivity index (χ1v) is 7.51. The Morgan fingerprint density at radius 1 is 1.30 bits per heavy atom. The van der Waals surface area contributed by atoms with Gasteiger partial charge in [-0.2, -0.15) is 0 Å². The van der Waals surface area contributed by atoms with Gasteiger partial charge in [-0.25, -0.2) is 4.39 Å². The van der Waals surface area contributed by atoms with Gasteiger partial charge in [-0.15, -0.1) is 0 Å². The van der Waals surface area contributed by atoms with Gasteiger partial charge in [-0.05, 0) is 30.3 Å². The van der Waals surface area contributed by atoms with Crippen LogP contribution in [-0.4, -0.2) is 37.1 Å². The van der Waals surface area contributed by atoms with E-state index in [2.05, 4.69) is 0 Å². The van der Waals surface area contributed by atoms with Crippen molar-refractivity contribution in [2.24, 2.45) is 0 Å². The molecule has 23 heavy (non-hydrogen) atoms. The molecule has 0 radical (unpaired) electrons. The highest BCUT2D eigenvalue weighted by Gasteiger charge is 2.25. The summed E-state index contributed by atoms with van der Waals surface area (Å²) in [5.74, 6) is 0.255. The molecule has 2 aromatic rings. The number of amides is 1. The zero-order valence-corrected chi connectivity index (χ0v) is 13.2. The molecule has 6 heteroatoms. The van der Waals surface area contributed by atoms with Crippen LogP contribution in [0.2, 0.25) is 5.02 Å². The third kappa shape index (κ3) is 3.40. The molecular weight excluding hydrogens is 321 g/mol. The Kier molecular flexibility index (Phi) is 4.39. The van der Waals surface area contributed by atoms with E-state index in [9.17, 15) is 9.18 Å². The Hall–Kier alpha value is -2.27. The van der Waals surface area contributed by atoms with Crippen LogP contribution >= 0.6 is 11.6 Å². The summed E-state index contributed by atoms with van der Waals surface area (Å²) in [6.45, 7) is 0.618. The maximum Gasteiger partial charge on any atom is 0.256 e. The first-order valence-electron chi connectivity index (χ1n) is 7.13. The Labute approximate surface area is 138 Å². The summed E-state index contributed by atoms with van der Waals surface area (Å²) in [7, 11) is 1.60. The summed E-state index contributed by atoms with van der Waals surface area (Å²) >= 11 is 5.70. The Balaban J connectivity index is 1.67. The van der Waals surface area contributed by atoms with Gasteiger partial charge in [-0.1, -0.05) is 23.7 Å². The number of halogens is 2. The molecule has 0 fully saturated rings. The first kappa shape index (κ1) is 15.6. The van der Waals surface area contributed by atoms with E-state index < -0.39 is 11.7 Å². The quantitative estimate of drug-likeness (QED) is 0.863. The van der Waals surface area contributed by atoms with E-state index in [1.807, 2.05) is 24.3 Å². The molecule has 2 aromatic carbocycles. The smallest absolute Gasteiger partial charge is 0.256 e. The van der Waals surface area contributed by atoms with Crippen LogP contribution in [-0.2, 0) is 0 Å². The number of carbonyl (C=O) groups excluding carboxylic acids is 1. The number of hydrogen-bond acceptors (Lipinski definition) is 3. The molecule has 1 atom stereocenters. The van der Waals surface area contributed by atoms with Crippen LogP contribution in [0, 0.1) is 5.82 Å². The Morgan fingerprint density at radius 3 is 2.78 bits per heavy atom. The minimum Gasteiger partial charge on any atom is -0.486 e. The number of ether oxygens (including phenoxy) is 2. The van der Waals surface area contributed by atoms with Gasteiger partial charge in [0, 0.05) is 12.1 Å². The standard InChI is InChI=1S/C17H15ClFNO3/c1-20(17(21)13-7-6-11(18)8-14(13)19)9-12-10-22-15-4-2-3-5-16(15)23-12/h2-8,12H,9-10H2,1H3. The highest BCUT2D eigenvalue weighted by molar-refractivity contribution is 6.30. The summed E-state index contributed by atoms with van der Waals surface area (Å²) < 4.78 is 25.3. The fourth-order valence-electron chi connectivity index (χ4n) is 2.41. The van der Waals surface area contributed by atoms with Crippen LogP contribution in [0.3, 0.4) is 0 Å². The molecule has 0 spiro atoms. The van der Waals surface area contributed by atoms with Gasteiger partial charge in [0.15, 0.2) is 17.6 Å². The van der Waals surface area contributed by atoms with Gasteiger partial charge in [0.1, 0.15) is 12.4 Å². The number of hydrogen-bond donors (Lipinski definition) is 0. The zero-order chi connectivity index (χ0) is 16.4. The average Bonchev–Trinajstić information content (AvgIpc) is 2.54. The zero-order valence-electron chi connectivity index (χ0n) is 12.5. The van der Waals surface area contributed by atoms with E-state index in [1.54, 1.807) is 7.05 Å². The minimum absolute atomic E-state index is 0.0194. The van der Waals surface area contributed by atoms with Crippen molar-refractivity contribution in [1.29, 1.82) is 0 Å². The summed E-state index contributed by atoms with van der Waals surface area (Å²) in [5.41, 5.74) is -0.0194. The molecule has 1 amide bonds. The molecule has 1 aliphatic rings. The molecule has 120 valence electrons. The number of benzene rings is 2. The van der Waals surface area contributed by atoms with Gasteiger partial charge in [0.2, 0.25) is 0 Å². The van der Waals surface area contributed by atoms with Crippen LogP contribution < -0.4 is 9.47 Å². The molecule has 4 nitrogen and oxygen atoms in total. The van der Waals surface area contributed by atoms with Gasteiger partial charge in [-0.3, -0.25) is 4.79 Å². The molecule has 1 aliphatic heterocycles. The van der Waals surface area contributed by atoms with Crippen molar-refractivity contribution in [3.63, 3.8) is 0 Å². The lowest BCUT2D eigenvalue weighted by Gasteiger charge is -2.29. The second-order valence-electron chi connectivity index (χ2n) is 5.31. The maximum atomic E-state index is 13.8. The monoisotopic (exact) mass is 335 g/mol. The molecule has 1 heterocycles. The van der Waals surface area contributed by atoms with Gasteiger partial charge in [0.05, 0.1) is 12.1 Å². The highest BCUT2D eigenvalue weighted by atomic mass is 35.5. The summed E-state index contributed by atoms with van der Waals surface area (Å²) in [5, 5.41) is 0.252. The van der Waals surface area contributed by atoms with E-state index in [0.717, 1.165) is 6.07 Å². The number of likely N-dealkylation sites (N-methyl/N-ethyl adjacent to an activating group) is 1. The van der Waals surface area contributed by atoms with Gasteiger partial charge < -0.3 is 14.4 Å². The molecular formula is C17H15ClFNO3. The van der Waals surface area contributed by atoms with E-state index in [0.29, 0.717) is 18.1 Å². The molecule has 1 unspecified atom stereocenters.